The van der Waals surface area contributed by atoms with Gasteiger partial charge in [-0.15, -0.1) is 0 Å². The number of nitrogens with one attached hydrogen (secondary N) is 1. The molecule has 0 unspecified atom stereocenters. The standard InChI is InChI=1S/C15H17FN2O/c1-17-11-13-3-2-4-14(16)15(13)19-10-7-12-5-8-18-9-6-12/h2-6,8-9,17H,7,10-11H2,1H3. The van der Waals surface area contributed by atoms with Crippen LogP contribution in [0.1, 0.15) is 11.1 Å². The molecule has 0 fully saturated rings. The monoisotopic (exact) mass is 260 g/mol. The van der Waals surface area contributed by atoms with Crippen LogP contribution in [0.25, 0.3) is 0 Å². The molecule has 0 aliphatic carbocycles. The quantitative estimate of drug-likeness (QED) is 0.866. The van der Waals surface area contributed by atoms with Gasteiger partial charge in [-0.05, 0) is 30.8 Å². The lowest BCUT2D eigenvalue weighted by atomic mass is 10.2. The molecule has 0 bridgehead atoms. The van der Waals surface area contributed by atoms with E-state index in [0.29, 0.717) is 18.9 Å². The van der Waals surface area contributed by atoms with E-state index in [-0.39, 0.29) is 5.82 Å². The predicted molar refractivity (Wildman–Crippen MR) is 72.6 cm³/mol. The van der Waals surface area contributed by atoms with Crippen molar-refractivity contribution in [1.82, 2.24) is 10.3 Å². The first-order valence-corrected chi connectivity index (χ1v) is 6.25. The highest BCUT2D eigenvalue weighted by atomic mass is 19.1. The second-order valence-electron chi connectivity index (χ2n) is 4.21. The summed E-state index contributed by atoms with van der Waals surface area (Å²) in [5, 5.41) is 3.00. The smallest absolute Gasteiger partial charge is 0.165 e. The van der Waals surface area contributed by atoms with Crippen molar-refractivity contribution >= 4 is 0 Å². The number of pyridine rings is 1. The van der Waals surface area contributed by atoms with Gasteiger partial charge in [0.05, 0.1) is 6.61 Å². The second-order valence-corrected chi connectivity index (χ2v) is 4.21. The Bertz CT molecular complexity index is 517. The zero-order valence-corrected chi connectivity index (χ0v) is 10.9. The van der Waals surface area contributed by atoms with Crippen LogP contribution in [0.15, 0.2) is 42.7 Å². The number of ether oxygens (including phenoxy) is 1. The first-order valence-electron chi connectivity index (χ1n) is 6.25. The van der Waals surface area contributed by atoms with E-state index in [2.05, 4.69) is 10.3 Å². The van der Waals surface area contributed by atoms with Gasteiger partial charge in [-0.1, -0.05) is 12.1 Å². The van der Waals surface area contributed by atoms with Crippen molar-refractivity contribution in [2.45, 2.75) is 13.0 Å². The van der Waals surface area contributed by atoms with E-state index in [1.54, 1.807) is 18.5 Å². The minimum atomic E-state index is -0.317. The zero-order valence-electron chi connectivity index (χ0n) is 10.9. The molecule has 0 spiro atoms. The van der Waals surface area contributed by atoms with Crippen LogP contribution in [0.4, 0.5) is 4.39 Å². The fourth-order valence-corrected chi connectivity index (χ4v) is 1.87. The molecule has 2 rings (SSSR count). The molecule has 0 aliphatic heterocycles. The largest absolute Gasteiger partial charge is 0.490 e. The molecule has 3 nitrogen and oxygen atoms in total. The highest BCUT2D eigenvalue weighted by molar-refractivity contribution is 5.35. The van der Waals surface area contributed by atoms with Crippen LogP contribution in [-0.2, 0) is 13.0 Å². The SMILES string of the molecule is CNCc1cccc(F)c1OCCc1ccncc1. The zero-order chi connectivity index (χ0) is 13.5. The van der Waals surface area contributed by atoms with Gasteiger partial charge in [0.15, 0.2) is 11.6 Å². The summed E-state index contributed by atoms with van der Waals surface area (Å²) >= 11 is 0. The van der Waals surface area contributed by atoms with E-state index < -0.39 is 0 Å². The molecule has 1 aromatic carbocycles. The van der Waals surface area contributed by atoms with Crippen LogP contribution in [0.5, 0.6) is 5.75 Å². The van der Waals surface area contributed by atoms with Crippen LogP contribution < -0.4 is 10.1 Å². The molecule has 4 heteroatoms. The summed E-state index contributed by atoms with van der Waals surface area (Å²) in [7, 11) is 1.83. The highest BCUT2D eigenvalue weighted by Gasteiger charge is 2.09. The highest BCUT2D eigenvalue weighted by Crippen LogP contribution is 2.22. The van der Waals surface area contributed by atoms with E-state index in [9.17, 15) is 4.39 Å². The maximum Gasteiger partial charge on any atom is 0.165 e. The van der Waals surface area contributed by atoms with E-state index in [0.717, 1.165) is 17.5 Å². The lowest BCUT2D eigenvalue weighted by Crippen LogP contribution is -2.10. The van der Waals surface area contributed by atoms with E-state index >= 15 is 0 Å². The maximum atomic E-state index is 13.7. The van der Waals surface area contributed by atoms with Gasteiger partial charge in [-0.2, -0.15) is 0 Å². The van der Waals surface area contributed by atoms with Crippen molar-refractivity contribution in [3.05, 3.63) is 59.7 Å². The van der Waals surface area contributed by atoms with Gasteiger partial charge in [-0.25, -0.2) is 4.39 Å². The Labute approximate surface area is 112 Å². The Hall–Kier alpha value is -1.94. The van der Waals surface area contributed by atoms with Crippen molar-refractivity contribution < 1.29 is 9.13 Å². The Morgan fingerprint density at radius 2 is 2.00 bits per heavy atom. The molecule has 19 heavy (non-hydrogen) atoms. The van der Waals surface area contributed by atoms with Gasteiger partial charge < -0.3 is 10.1 Å². The average molecular weight is 260 g/mol. The Morgan fingerprint density at radius 3 is 2.74 bits per heavy atom. The number of benzene rings is 1. The Kier molecular flexibility index (Phi) is 4.86. The number of nitrogens with zero attached hydrogens (tertiary/aromatic N) is 1. The molecule has 100 valence electrons. The van der Waals surface area contributed by atoms with E-state index in [4.69, 9.17) is 4.74 Å². The number of hydrogen-bond acceptors (Lipinski definition) is 3. The Balaban J connectivity index is 1.99. The van der Waals surface area contributed by atoms with Crippen molar-refractivity contribution in [3.63, 3.8) is 0 Å². The van der Waals surface area contributed by atoms with Crippen LogP contribution >= 0.6 is 0 Å². The molecular weight excluding hydrogens is 243 g/mol. The summed E-state index contributed by atoms with van der Waals surface area (Å²) in [6.07, 6.45) is 4.21. The molecular formula is C15H17FN2O. The molecule has 0 aliphatic rings. The normalized spacial score (nSPS) is 10.4. The summed E-state index contributed by atoms with van der Waals surface area (Å²) in [5.74, 6) is 0.0217. The fourth-order valence-electron chi connectivity index (χ4n) is 1.87. The van der Waals surface area contributed by atoms with Crippen molar-refractivity contribution in [3.8, 4) is 5.75 Å². The molecule has 0 amide bonds. The van der Waals surface area contributed by atoms with Crippen LogP contribution in [0.3, 0.4) is 0 Å². The summed E-state index contributed by atoms with van der Waals surface area (Å²) in [6, 6.07) is 8.83. The molecule has 0 atom stereocenters. The third-order valence-corrected chi connectivity index (χ3v) is 2.80. The fraction of sp³-hybridized carbons (Fsp3) is 0.267. The van der Waals surface area contributed by atoms with Gasteiger partial charge >= 0.3 is 0 Å². The van der Waals surface area contributed by atoms with Crippen LogP contribution in [0, 0.1) is 5.82 Å². The summed E-state index contributed by atoms with van der Waals surface area (Å²) in [5.41, 5.74) is 1.96. The van der Waals surface area contributed by atoms with Crippen molar-refractivity contribution in [2.24, 2.45) is 0 Å². The molecule has 1 aromatic heterocycles. The van der Waals surface area contributed by atoms with Gasteiger partial charge in [0.25, 0.3) is 0 Å². The van der Waals surface area contributed by atoms with Crippen LogP contribution in [-0.4, -0.2) is 18.6 Å². The first-order chi connectivity index (χ1) is 9.31. The number of halogens is 1. The van der Waals surface area contributed by atoms with E-state index in [1.165, 1.54) is 6.07 Å². The number of rotatable bonds is 6. The molecule has 1 N–H and O–H groups in total. The summed E-state index contributed by atoms with van der Waals surface area (Å²) in [6.45, 7) is 1.03. The third kappa shape index (κ3) is 3.76. The maximum absolute atomic E-state index is 13.7. The molecule has 0 saturated carbocycles. The molecule has 0 saturated heterocycles. The van der Waals surface area contributed by atoms with Crippen molar-refractivity contribution in [1.29, 1.82) is 0 Å². The van der Waals surface area contributed by atoms with Gasteiger partial charge in [0.1, 0.15) is 0 Å². The molecule has 0 radical (unpaired) electrons. The second kappa shape index (κ2) is 6.85. The lowest BCUT2D eigenvalue weighted by molar-refractivity contribution is 0.301. The molecule has 1 heterocycles. The van der Waals surface area contributed by atoms with Crippen molar-refractivity contribution in [2.75, 3.05) is 13.7 Å². The average Bonchev–Trinajstić information content (AvgIpc) is 2.43. The van der Waals surface area contributed by atoms with Gasteiger partial charge in [0, 0.05) is 30.9 Å². The number of para-hydroxylation sites is 1. The van der Waals surface area contributed by atoms with Gasteiger partial charge in [-0.3, -0.25) is 4.98 Å². The van der Waals surface area contributed by atoms with Gasteiger partial charge in [0.2, 0.25) is 0 Å². The first kappa shape index (κ1) is 13.5. The number of hydrogen-bond donors (Lipinski definition) is 1. The lowest BCUT2D eigenvalue weighted by Gasteiger charge is -2.12. The third-order valence-electron chi connectivity index (χ3n) is 2.80. The number of aromatic nitrogens is 1. The van der Waals surface area contributed by atoms with E-state index in [1.807, 2.05) is 25.2 Å². The van der Waals surface area contributed by atoms with Crippen LogP contribution in [0.2, 0.25) is 0 Å². The predicted octanol–water partition coefficient (Wildman–Crippen LogP) is 2.56. The summed E-state index contributed by atoms with van der Waals surface area (Å²) in [4.78, 5) is 3.96. The topological polar surface area (TPSA) is 34.1 Å². The molecule has 2 aromatic rings. The Morgan fingerprint density at radius 1 is 1.21 bits per heavy atom. The minimum absolute atomic E-state index is 0.317. The minimum Gasteiger partial charge on any atom is -0.490 e. The summed E-state index contributed by atoms with van der Waals surface area (Å²) < 4.78 is 19.3.